The number of carbonyl (C=O) groups excluding carboxylic acids is 1. The van der Waals surface area contributed by atoms with Gasteiger partial charge in [-0.3, -0.25) is 4.79 Å². The highest BCUT2D eigenvalue weighted by atomic mass is 16.3. The minimum Gasteiger partial charge on any atom is -0.508 e. The number of carbonyl (C=O) groups is 1. The van der Waals surface area contributed by atoms with E-state index in [2.05, 4.69) is 4.99 Å². The van der Waals surface area contributed by atoms with Crippen LogP contribution in [0.1, 0.15) is 6.92 Å². The summed E-state index contributed by atoms with van der Waals surface area (Å²) in [6.45, 7) is 1.72. The Morgan fingerprint density at radius 2 is 1.82 bits per heavy atom. The molecule has 1 aromatic carbocycles. The molecule has 4 nitrogen and oxygen atoms in total. The van der Waals surface area contributed by atoms with E-state index in [1.54, 1.807) is 37.3 Å². The van der Waals surface area contributed by atoms with Crippen LogP contribution in [0.3, 0.4) is 0 Å². The third-order valence-electron chi connectivity index (χ3n) is 2.42. The van der Waals surface area contributed by atoms with E-state index in [9.17, 15) is 4.79 Å². The molecule has 0 radical (unpaired) electrons. The molecule has 0 bridgehead atoms. The van der Waals surface area contributed by atoms with Gasteiger partial charge < -0.3 is 10.8 Å². The molecule has 0 saturated carbocycles. The lowest BCUT2D eigenvalue weighted by Crippen LogP contribution is -2.17. The zero-order chi connectivity index (χ0) is 12.4. The van der Waals surface area contributed by atoms with Gasteiger partial charge in [-0.25, -0.2) is 4.99 Å². The van der Waals surface area contributed by atoms with Gasteiger partial charge >= 0.3 is 0 Å². The highest BCUT2D eigenvalue weighted by molar-refractivity contribution is 6.21. The van der Waals surface area contributed by atoms with Crippen LogP contribution in [-0.2, 0) is 4.79 Å². The van der Waals surface area contributed by atoms with Crippen molar-refractivity contribution in [1.82, 2.24) is 0 Å². The van der Waals surface area contributed by atoms with E-state index in [-0.39, 0.29) is 11.5 Å². The molecular formula is C13H12N2O2. The minimum atomic E-state index is -0.0906. The summed E-state index contributed by atoms with van der Waals surface area (Å²) in [5.41, 5.74) is 7.92. The number of hydrogen-bond donors (Lipinski definition) is 2. The first-order valence-corrected chi connectivity index (χ1v) is 5.14. The molecule has 0 fully saturated rings. The van der Waals surface area contributed by atoms with E-state index < -0.39 is 0 Å². The number of aliphatic imine (C=N–C) groups is 1. The van der Waals surface area contributed by atoms with E-state index >= 15 is 0 Å². The van der Waals surface area contributed by atoms with Crippen LogP contribution in [0.25, 0.3) is 0 Å². The minimum absolute atomic E-state index is 0.0906. The van der Waals surface area contributed by atoms with Gasteiger partial charge in [0.15, 0.2) is 5.78 Å². The average Bonchev–Trinajstić information content (AvgIpc) is 2.29. The summed E-state index contributed by atoms with van der Waals surface area (Å²) in [6, 6.07) is 6.44. The Morgan fingerprint density at radius 1 is 1.18 bits per heavy atom. The maximum Gasteiger partial charge on any atom is 0.183 e. The van der Waals surface area contributed by atoms with Crippen molar-refractivity contribution in [2.24, 2.45) is 10.7 Å². The van der Waals surface area contributed by atoms with Crippen LogP contribution >= 0.6 is 0 Å². The molecule has 0 unspecified atom stereocenters. The molecule has 0 heterocycles. The van der Waals surface area contributed by atoms with Crippen molar-refractivity contribution < 1.29 is 9.90 Å². The van der Waals surface area contributed by atoms with Gasteiger partial charge in [0.2, 0.25) is 0 Å². The molecule has 3 N–H and O–H groups in total. The maximum atomic E-state index is 11.3. The molecule has 4 heteroatoms. The third kappa shape index (κ3) is 2.42. The van der Waals surface area contributed by atoms with Crippen molar-refractivity contribution in [2.75, 3.05) is 0 Å². The second kappa shape index (κ2) is 4.25. The van der Waals surface area contributed by atoms with Crippen molar-refractivity contribution >= 4 is 17.2 Å². The van der Waals surface area contributed by atoms with Crippen LogP contribution in [0.5, 0.6) is 5.75 Å². The summed E-state index contributed by atoms with van der Waals surface area (Å²) < 4.78 is 0. The lowest BCUT2D eigenvalue weighted by atomic mass is 10.0. The fourth-order valence-corrected chi connectivity index (χ4v) is 1.45. The third-order valence-corrected chi connectivity index (χ3v) is 2.42. The van der Waals surface area contributed by atoms with Crippen LogP contribution in [-0.4, -0.2) is 16.6 Å². The molecule has 1 aromatic rings. The Labute approximate surface area is 98.8 Å². The van der Waals surface area contributed by atoms with Crippen LogP contribution in [0.4, 0.5) is 5.69 Å². The van der Waals surface area contributed by atoms with Gasteiger partial charge in [-0.05, 0) is 42.8 Å². The number of ketones is 1. The summed E-state index contributed by atoms with van der Waals surface area (Å²) in [7, 11) is 0. The monoisotopic (exact) mass is 228 g/mol. The van der Waals surface area contributed by atoms with Crippen LogP contribution < -0.4 is 5.73 Å². The molecule has 17 heavy (non-hydrogen) atoms. The van der Waals surface area contributed by atoms with Gasteiger partial charge in [0, 0.05) is 6.08 Å². The maximum absolute atomic E-state index is 11.3. The summed E-state index contributed by atoms with van der Waals surface area (Å²) in [4.78, 5) is 15.6. The molecule has 1 aliphatic carbocycles. The summed E-state index contributed by atoms with van der Waals surface area (Å²) in [5.74, 6) is 0.0927. The standard InChI is InChI=1S/C13H12N2O2/c1-8-6-12(11(14)7-13(8)17)15-9-2-4-10(16)5-3-9/h2-7,16H,14H2,1H3. The van der Waals surface area contributed by atoms with Gasteiger partial charge in [-0.2, -0.15) is 0 Å². The summed E-state index contributed by atoms with van der Waals surface area (Å²) >= 11 is 0. The quantitative estimate of drug-likeness (QED) is 0.720. The number of allylic oxidation sites excluding steroid dienone is 3. The van der Waals surface area contributed by atoms with E-state index in [1.807, 2.05) is 0 Å². The number of nitrogens with zero attached hydrogens (tertiary/aromatic N) is 1. The lowest BCUT2D eigenvalue weighted by Gasteiger charge is -2.09. The van der Waals surface area contributed by atoms with Gasteiger partial charge in [0.05, 0.1) is 17.1 Å². The molecule has 0 aliphatic heterocycles. The van der Waals surface area contributed by atoms with E-state index in [0.29, 0.717) is 22.7 Å². The molecule has 1 aliphatic rings. The second-order valence-electron chi connectivity index (χ2n) is 3.80. The van der Waals surface area contributed by atoms with E-state index in [4.69, 9.17) is 10.8 Å². The van der Waals surface area contributed by atoms with E-state index in [0.717, 1.165) is 0 Å². The number of hydrogen-bond acceptors (Lipinski definition) is 4. The Morgan fingerprint density at radius 3 is 2.47 bits per heavy atom. The Bertz CT molecular complexity index is 551. The largest absolute Gasteiger partial charge is 0.508 e. The predicted octanol–water partition coefficient (Wildman–Crippen LogP) is 1.84. The zero-order valence-corrected chi connectivity index (χ0v) is 9.34. The van der Waals surface area contributed by atoms with E-state index in [1.165, 1.54) is 6.08 Å². The van der Waals surface area contributed by atoms with Crippen LogP contribution in [0.15, 0.2) is 52.7 Å². The number of rotatable bonds is 1. The lowest BCUT2D eigenvalue weighted by molar-refractivity contribution is -0.111. The SMILES string of the molecule is CC1=CC(=Nc2ccc(O)cc2)C(N)=CC1=O. The van der Waals surface area contributed by atoms with Crippen LogP contribution in [0, 0.1) is 0 Å². The number of phenols is 1. The normalized spacial score (nSPS) is 17.9. The first kappa shape index (κ1) is 11.1. The Hall–Kier alpha value is -2.36. The molecule has 0 aromatic heterocycles. The van der Waals surface area contributed by atoms with Crippen molar-refractivity contribution in [1.29, 1.82) is 0 Å². The molecule has 0 amide bonds. The molecule has 2 rings (SSSR count). The predicted molar refractivity (Wildman–Crippen MR) is 66.2 cm³/mol. The van der Waals surface area contributed by atoms with Gasteiger partial charge in [0.25, 0.3) is 0 Å². The highest BCUT2D eigenvalue weighted by Crippen LogP contribution is 2.19. The number of phenolic OH excluding ortho intramolecular Hbond substituents is 1. The van der Waals surface area contributed by atoms with Gasteiger partial charge in [0.1, 0.15) is 5.75 Å². The van der Waals surface area contributed by atoms with Crippen molar-refractivity contribution in [3.05, 3.63) is 47.7 Å². The van der Waals surface area contributed by atoms with Crippen molar-refractivity contribution in [3.8, 4) is 5.75 Å². The number of benzene rings is 1. The zero-order valence-electron chi connectivity index (χ0n) is 9.34. The van der Waals surface area contributed by atoms with Crippen molar-refractivity contribution in [3.63, 3.8) is 0 Å². The van der Waals surface area contributed by atoms with Crippen molar-refractivity contribution in [2.45, 2.75) is 6.92 Å². The van der Waals surface area contributed by atoms with Crippen LogP contribution in [0.2, 0.25) is 0 Å². The molecular weight excluding hydrogens is 216 g/mol. The molecule has 0 atom stereocenters. The fourth-order valence-electron chi connectivity index (χ4n) is 1.45. The second-order valence-corrected chi connectivity index (χ2v) is 3.80. The Kier molecular flexibility index (Phi) is 2.78. The first-order chi connectivity index (χ1) is 8.06. The number of nitrogens with two attached hydrogens (primary N) is 1. The van der Waals surface area contributed by atoms with Gasteiger partial charge in [-0.15, -0.1) is 0 Å². The average molecular weight is 228 g/mol. The summed E-state index contributed by atoms with van der Waals surface area (Å²) in [6.07, 6.45) is 3.03. The first-order valence-electron chi connectivity index (χ1n) is 5.14. The molecule has 0 spiro atoms. The number of aromatic hydroxyl groups is 1. The van der Waals surface area contributed by atoms with Gasteiger partial charge in [-0.1, -0.05) is 0 Å². The smallest absolute Gasteiger partial charge is 0.183 e. The topological polar surface area (TPSA) is 75.7 Å². The molecule has 0 saturated heterocycles. The molecule has 86 valence electrons. The highest BCUT2D eigenvalue weighted by Gasteiger charge is 2.13. The Balaban J connectivity index is 2.37. The summed E-state index contributed by atoms with van der Waals surface area (Å²) in [5, 5.41) is 9.15. The fraction of sp³-hybridized carbons (Fsp3) is 0.0769.